The molecule has 0 aliphatic rings. The van der Waals surface area contributed by atoms with Gasteiger partial charge in [0.1, 0.15) is 25.0 Å². The van der Waals surface area contributed by atoms with E-state index in [2.05, 4.69) is 4.98 Å². The van der Waals surface area contributed by atoms with E-state index in [1.54, 1.807) is 6.92 Å². The number of aryl methyl sites for hydroxylation is 1. The monoisotopic (exact) mass is 386 g/mol. The molecule has 132 valence electrons. The summed E-state index contributed by atoms with van der Waals surface area (Å²) in [4.78, 5) is 37.4. The highest BCUT2D eigenvalue weighted by Gasteiger charge is 2.19. The SMILES string of the molecule is Cc1cnc([N+](=O)[O-])n1CCOC(=O)NC(=O)c1ccc(Cl)cc1Cl. The predicted octanol–water partition coefficient (Wildman–Crippen LogP) is 2.97. The van der Waals surface area contributed by atoms with Crippen LogP contribution in [0, 0.1) is 17.0 Å². The summed E-state index contributed by atoms with van der Waals surface area (Å²) in [6.07, 6.45) is 0.334. The van der Waals surface area contributed by atoms with Crippen molar-refractivity contribution in [2.45, 2.75) is 13.5 Å². The fourth-order valence-corrected chi connectivity index (χ4v) is 2.46. The first-order valence-electron chi connectivity index (χ1n) is 6.89. The number of nitro groups is 1. The molecule has 1 aromatic heterocycles. The van der Waals surface area contributed by atoms with E-state index >= 15 is 0 Å². The van der Waals surface area contributed by atoms with Gasteiger partial charge in [-0.25, -0.2) is 9.36 Å². The number of rotatable bonds is 5. The Morgan fingerprint density at radius 1 is 1.40 bits per heavy atom. The number of carbonyl (C=O) groups is 2. The van der Waals surface area contributed by atoms with Crippen molar-refractivity contribution in [2.75, 3.05) is 6.61 Å². The molecule has 0 atom stereocenters. The zero-order valence-corrected chi connectivity index (χ0v) is 14.4. The lowest BCUT2D eigenvalue weighted by Crippen LogP contribution is -2.32. The van der Waals surface area contributed by atoms with Crippen LogP contribution in [0.15, 0.2) is 24.4 Å². The molecule has 1 aromatic carbocycles. The molecule has 0 saturated heterocycles. The number of amides is 2. The van der Waals surface area contributed by atoms with Gasteiger partial charge in [-0.3, -0.25) is 10.1 Å². The van der Waals surface area contributed by atoms with Gasteiger partial charge in [-0.1, -0.05) is 28.2 Å². The van der Waals surface area contributed by atoms with Crippen molar-refractivity contribution in [3.8, 4) is 0 Å². The molecule has 1 N–H and O–H groups in total. The Balaban J connectivity index is 1.90. The number of alkyl carbamates (subject to hydrolysis) is 1. The van der Waals surface area contributed by atoms with Crippen molar-refractivity contribution in [2.24, 2.45) is 0 Å². The number of imide groups is 1. The summed E-state index contributed by atoms with van der Waals surface area (Å²) in [5, 5.41) is 13.3. The van der Waals surface area contributed by atoms with Crippen LogP contribution in [0.4, 0.5) is 10.7 Å². The average Bonchev–Trinajstić information content (AvgIpc) is 2.88. The van der Waals surface area contributed by atoms with Gasteiger partial charge in [0.2, 0.25) is 0 Å². The molecule has 2 rings (SSSR count). The number of carbonyl (C=O) groups excluding carboxylic acids is 2. The minimum Gasteiger partial charge on any atom is -0.446 e. The highest BCUT2D eigenvalue weighted by atomic mass is 35.5. The smallest absolute Gasteiger partial charge is 0.434 e. The number of benzene rings is 1. The molecule has 0 fully saturated rings. The quantitative estimate of drug-likeness (QED) is 0.623. The molecule has 11 heteroatoms. The zero-order valence-electron chi connectivity index (χ0n) is 12.9. The topological polar surface area (TPSA) is 116 Å². The van der Waals surface area contributed by atoms with E-state index in [1.165, 1.54) is 29.0 Å². The Kier molecular flexibility index (Phi) is 5.94. The third-order valence-corrected chi connectivity index (χ3v) is 3.68. The van der Waals surface area contributed by atoms with Gasteiger partial charge in [0.15, 0.2) is 0 Å². The minimum atomic E-state index is -1.00. The number of nitrogens with zero attached hydrogens (tertiary/aromatic N) is 3. The second-order valence-corrected chi connectivity index (χ2v) is 5.67. The standard InChI is InChI=1S/C14H12Cl2N4O5/c1-8-7-17-13(20(23)24)19(8)4-5-25-14(22)18-12(21)10-3-2-9(15)6-11(10)16/h2-3,6-7H,4-5H2,1H3,(H,18,21,22). The van der Waals surface area contributed by atoms with E-state index in [0.717, 1.165) is 0 Å². The first-order chi connectivity index (χ1) is 11.8. The van der Waals surface area contributed by atoms with Gasteiger partial charge in [-0.05, 0) is 30.0 Å². The second kappa shape index (κ2) is 7.95. The van der Waals surface area contributed by atoms with E-state index in [-0.39, 0.29) is 29.7 Å². The van der Waals surface area contributed by atoms with Gasteiger partial charge in [0, 0.05) is 5.02 Å². The van der Waals surface area contributed by atoms with Crippen molar-refractivity contribution >= 4 is 41.2 Å². The number of hydrogen-bond acceptors (Lipinski definition) is 6. The Morgan fingerprint density at radius 3 is 2.76 bits per heavy atom. The Labute approximate surface area is 151 Å². The van der Waals surface area contributed by atoms with Crippen LogP contribution in [0.3, 0.4) is 0 Å². The van der Waals surface area contributed by atoms with Gasteiger partial charge in [0.25, 0.3) is 5.91 Å². The fourth-order valence-electron chi connectivity index (χ4n) is 1.97. The van der Waals surface area contributed by atoms with Crippen molar-refractivity contribution < 1.29 is 19.2 Å². The lowest BCUT2D eigenvalue weighted by molar-refractivity contribution is -0.396. The minimum absolute atomic E-state index is 0.0193. The molecule has 1 heterocycles. The maximum absolute atomic E-state index is 11.9. The number of halogens is 2. The fraction of sp³-hybridized carbons (Fsp3) is 0.214. The molecule has 0 unspecified atom stereocenters. The lowest BCUT2D eigenvalue weighted by atomic mass is 10.2. The molecule has 2 amide bonds. The highest BCUT2D eigenvalue weighted by molar-refractivity contribution is 6.37. The number of hydrogen-bond donors (Lipinski definition) is 1. The van der Waals surface area contributed by atoms with Crippen molar-refractivity contribution in [3.63, 3.8) is 0 Å². The molecule has 0 aliphatic heterocycles. The van der Waals surface area contributed by atoms with E-state index in [1.807, 2.05) is 5.32 Å². The maximum Gasteiger partial charge on any atom is 0.434 e. The molecule has 0 bridgehead atoms. The van der Waals surface area contributed by atoms with Gasteiger partial charge in [-0.2, -0.15) is 0 Å². The van der Waals surface area contributed by atoms with Crippen molar-refractivity contribution in [3.05, 3.63) is 55.8 Å². The van der Waals surface area contributed by atoms with Crippen molar-refractivity contribution in [1.82, 2.24) is 14.9 Å². The summed E-state index contributed by atoms with van der Waals surface area (Å²) in [7, 11) is 0. The summed E-state index contributed by atoms with van der Waals surface area (Å²) in [5.41, 5.74) is 0.601. The Hall–Kier alpha value is -2.65. The summed E-state index contributed by atoms with van der Waals surface area (Å²) < 4.78 is 6.13. The molecule has 0 saturated carbocycles. The normalized spacial score (nSPS) is 10.4. The van der Waals surface area contributed by atoms with Crippen LogP contribution >= 0.6 is 23.2 Å². The molecular weight excluding hydrogens is 375 g/mol. The van der Waals surface area contributed by atoms with Gasteiger partial charge in [-0.15, -0.1) is 0 Å². The van der Waals surface area contributed by atoms with Gasteiger partial charge >= 0.3 is 12.0 Å². The number of imidazole rings is 1. The van der Waals surface area contributed by atoms with Crippen LogP contribution in [0.5, 0.6) is 0 Å². The number of nitrogens with one attached hydrogen (secondary N) is 1. The van der Waals surface area contributed by atoms with E-state index in [0.29, 0.717) is 10.7 Å². The predicted molar refractivity (Wildman–Crippen MR) is 88.9 cm³/mol. The molecule has 9 nitrogen and oxygen atoms in total. The first-order valence-corrected chi connectivity index (χ1v) is 7.65. The second-order valence-electron chi connectivity index (χ2n) is 4.82. The summed E-state index contributed by atoms with van der Waals surface area (Å²) in [6.45, 7) is 1.46. The van der Waals surface area contributed by atoms with Gasteiger partial charge in [0.05, 0.1) is 10.6 Å². The third kappa shape index (κ3) is 4.68. The molecular formula is C14H12Cl2N4O5. The Bertz CT molecular complexity index is 837. The molecule has 0 aliphatic carbocycles. The van der Waals surface area contributed by atoms with E-state index < -0.39 is 16.9 Å². The van der Waals surface area contributed by atoms with Crippen LogP contribution in [0.2, 0.25) is 10.0 Å². The third-order valence-electron chi connectivity index (χ3n) is 3.14. The first kappa shape index (κ1) is 18.7. The number of ether oxygens (including phenoxy) is 1. The lowest BCUT2D eigenvalue weighted by Gasteiger charge is -2.08. The summed E-state index contributed by atoms with van der Waals surface area (Å²) in [6, 6.07) is 4.18. The van der Waals surface area contributed by atoms with Crippen LogP contribution in [-0.2, 0) is 11.3 Å². The van der Waals surface area contributed by atoms with E-state index in [9.17, 15) is 19.7 Å². The number of aromatic nitrogens is 2. The molecule has 0 radical (unpaired) electrons. The van der Waals surface area contributed by atoms with Crippen LogP contribution in [0.25, 0.3) is 0 Å². The maximum atomic E-state index is 11.9. The van der Waals surface area contributed by atoms with Crippen LogP contribution in [-0.4, -0.2) is 33.1 Å². The summed E-state index contributed by atoms with van der Waals surface area (Å²) >= 11 is 11.6. The van der Waals surface area contributed by atoms with Crippen LogP contribution in [0.1, 0.15) is 16.1 Å². The van der Waals surface area contributed by atoms with Gasteiger partial charge < -0.3 is 14.9 Å². The highest BCUT2D eigenvalue weighted by Crippen LogP contribution is 2.20. The molecule has 0 spiro atoms. The van der Waals surface area contributed by atoms with Crippen LogP contribution < -0.4 is 5.32 Å². The largest absolute Gasteiger partial charge is 0.446 e. The zero-order chi connectivity index (χ0) is 18.6. The summed E-state index contributed by atoms with van der Waals surface area (Å²) in [5.74, 6) is -1.11. The van der Waals surface area contributed by atoms with Crippen molar-refractivity contribution in [1.29, 1.82) is 0 Å². The Morgan fingerprint density at radius 2 is 2.12 bits per heavy atom. The average molecular weight is 387 g/mol. The molecule has 25 heavy (non-hydrogen) atoms. The van der Waals surface area contributed by atoms with E-state index in [4.69, 9.17) is 27.9 Å². The molecule has 2 aromatic rings.